The summed E-state index contributed by atoms with van der Waals surface area (Å²) in [6.45, 7) is 1.79. The molecule has 8 heteroatoms. The minimum Gasteiger partial charge on any atom is -0.396 e. The molecular weight excluding hydrogens is 371 g/mol. The molecule has 0 aliphatic carbocycles. The fourth-order valence-electron chi connectivity index (χ4n) is 4.03. The van der Waals surface area contributed by atoms with Gasteiger partial charge in [-0.05, 0) is 51.1 Å². The molecular formula is C16H22Cl2N2O3S. The van der Waals surface area contributed by atoms with E-state index in [1.54, 1.807) is 0 Å². The van der Waals surface area contributed by atoms with E-state index in [1.807, 2.05) is 7.05 Å². The summed E-state index contributed by atoms with van der Waals surface area (Å²) in [5.41, 5.74) is -0.203. The van der Waals surface area contributed by atoms with E-state index < -0.39 is 10.0 Å². The van der Waals surface area contributed by atoms with Gasteiger partial charge in [0.2, 0.25) is 10.0 Å². The summed E-state index contributed by atoms with van der Waals surface area (Å²) < 4.78 is 27.5. The molecule has 1 aromatic rings. The van der Waals surface area contributed by atoms with Crippen molar-refractivity contribution < 1.29 is 13.5 Å². The molecule has 134 valence electrons. The fraction of sp³-hybridized carbons (Fsp3) is 0.625. The Hall–Kier alpha value is -0.370. The van der Waals surface area contributed by atoms with Gasteiger partial charge in [-0.25, -0.2) is 8.42 Å². The van der Waals surface area contributed by atoms with Crippen molar-refractivity contribution in [2.24, 2.45) is 5.41 Å². The maximum atomic E-state index is 13.0. The van der Waals surface area contributed by atoms with Gasteiger partial charge in [-0.1, -0.05) is 23.2 Å². The highest BCUT2D eigenvalue weighted by atomic mass is 35.5. The van der Waals surface area contributed by atoms with Crippen LogP contribution in [-0.2, 0) is 10.0 Å². The highest BCUT2D eigenvalue weighted by Gasteiger charge is 2.48. The van der Waals surface area contributed by atoms with E-state index in [1.165, 1.54) is 22.5 Å². The van der Waals surface area contributed by atoms with Gasteiger partial charge < -0.3 is 10.0 Å². The number of rotatable bonds is 3. The minimum absolute atomic E-state index is 0.0226. The molecule has 3 rings (SSSR count). The monoisotopic (exact) mass is 392 g/mol. The fourth-order valence-corrected chi connectivity index (χ4v) is 6.21. The highest BCUT2D eigenvalue weighted by molar-refractivity contribution is 7.89. The molecule has 2 heterocycles. The molecule has 2 aliphatic rings. The van der Waals surface area contributed by atoms with E-state index in [-0.39, 0.29) is 23.0 Å². The summed E-state index contributed by atoms with van der Waals surface area (Å²) in [5, 5.41) is 10.6. The molecule has 2 aliphatic heterocycles. The Morgan fingerprint density at radius 1 is 1.21 bits per heavy atom. The number of likely N-dealkylation sites (tertiary alicyclic amines) is 1. The summed E-state index contributed by atoms with van der Waals surface area (Å²) in [7, 11) is -1.66. The van der Waals surface area contributed by atoms with Crippen LogP contribution in [0.15, 0.2) is 23.1 Å². The summed E-state index contributed by atoms with van der Waals surface area (Å²) in [6.07, 6.45) is 2.63. The topological polar surface area (TPSA) is 60.9 Å². The van der Waals surface area contributed by atoms with Crippen LogP contribution in [0.1, 0.15) is 19.3 Å². The van der Waals surface area contributed by atoms with E-state index in [0.717, 1.165) is 19.4 Å². The van der Waals surface area contributed by atoms with Crippen LogP contribution in [0.4, 0.5) is 0 Å². The first-order valence-electron chi connectivity index (χ1n) is 8.06. The molecule has 0 spiro atoms. The van der Waals surface area contributed by atoms with E-state index >= 15 is 0 Å². The molecule has 2 atom stereocenters. The van der Waals surface area contributed by atoms with E-state index in [9.17, 15) is 13.5 Å². The number of nitrogens with zero attached hydrogens (tertiary/aromatic N) is 2. The Bertz CT molecular complexity index is 708. The Balaban J connectivity index is 1.90. The van der Waals surface area contributed by atoms with Crippen molar-refractivity contribution in [2.45, 2.75) is 30.2 Å². The van der Waals surface area contributed by atoms with Crippen molar-refractivity contribution >= 4 is 33.2 Å². The quantitative estimate of drug-likeness (QED) is 0.857. The number of sulfonamides is 1. The van der Waals surface area contributed by atoms with Crippen molar-refractivity contribution in [1.29, 1.82) is 0 Å². The number of aliphatic hydroxyl groups is 1. The molecule has 0 unspecified atom stereocenters. The van der Waals surface area contributed by atoms with E-state index in [0.29, 0.717) is 29.6 Å². The normalized spacial score (nSPS) is 29.4. The van der Waals surface area contributed by atoms with E-state index in [2.05, 4.69) is 4.90 Å². The lowest BCUT2D eigenvalue weighted by Crippen LogP contribution is -2.62. The predicted molar refractivity (Wildman–Crippen MR) is 95.0 cm³/mol. The van der Waals surface area contributed by atoms with Gasteiger partial charge in [0.15, 0.2) is 0 Å². The van der Waals surface area contributed by atoms with Crippen LogP contribution in [-0.4, -0.2) is 62.1 Å². The molecule has 2 fully saturated rings. The summed E-state index contributed by atoms with van der Waals surface area (Å²) in [5.74, 6) is 0. The first-order chi connectivity index (χ1) is 11.3. The average molecular weight is 393 g/mol. The number of aliphatic hydroxyl groups excluding tert-OH is 1. The summed E-state index contributed by atoms with van der Waals surface area (Å²) in [4.78, 5) is 2.29. The molecule has 1 N–H and O–H groups in total. The first-order valence-corrected chi connectivity index (χ1v) is 10.3. The Morgan fingerprint density at radius 3 is 2.50 bits per heavy atom. The highest BCUT2D eigenvalue weighted by Crippen LogP contribution is 2.42. The van der Waals surface area contributed by atoms with Gasteiger partial charge in [0.05, 0.1) is 11.5 Å². The molecule has 0 amide bonds. The number of halogens is 2. The number of hydrogen-bond donors (Lipinski definition) is 1. The van der Waals surface area contributed by atoms with Crippen LogP contribution in [0.3, 0.4) is 0 Å². The zero-order valence-electron chi connectivity index (χ0n) is 13.6. The lowest BCUT2D eigenvalue weighted by molar-refractivity contribution is -0.0508. The van der Waals surface area contributed by atoms with Gasteiger partial charge in [-0.3, -0.25) is 0 Å². The van der Waals surface area contributed by atoms with Crippen LogP contribution in [0.2, 0.25) is 10.0 Å². The molecule has 0 aromatic heterocycles. The van der Waals surface area contributed by atoms with Crippen LogP contribution in [0.5, 0.6) is 0 Å². The van der Waals surface area contributed by atoms with Gasteiger partial charge in [0, 0.05) is 34.6 Å². The standard InChI is InChI=1S/C16H22Cl2N2O3S/c1-19-5-2-3-16(11-21)4-6-20(10-15(16)19)24(22,23)14-8-12(17)7-13(18)9-14/h7-9,15,21H,2-6,10-11H2,1H3/t15-,16-/m1/s1. The maximum Gasteiger partial charge on any atom is 0.243 e. The van der Waals surface area contributed by atoms with Crippen molar-refractivity contribution in [3.8, 4) is 0 Å². The van der Waals surface area contributed by atoms with Gasteiger partial charge >= 0.3 is 0 Å². The molecule has 2 saturated heterocycles. The Kier molecular flexibility index (Phi) is 5.17. The van der Waals surface area contributed by atoms with Crippen LogP contribution in [0.25, 0.3) is 0 Å². The first kappa shape index (κ1) is 18.4. The molecule has 0 radical (unpaired) electrons. The van der Waals surface area contributed by atoms with Crippen LogP contribution >= 0.6 is 23.2 Å². The van der Waals surface area contributed by atoms with Crippen LogP contribution in [0, 0.1) is 5.41 Å². The second kappa shape index (κ2) is 6.74. The Morgan fingerprint density at radius 2 is 1.88 bits per heavy atom. The smallest absolute Gasteiger partial charge is 0.243 e. The second-order valence-electron chi connectivity index (χ2n) is 6.84. The van der Waals surface area contributed by atoms with Crippen molar-refractivity contribution in [3.05, 3.63) is 28.2 Å². The van der Waals surface area contributed by atoms with Crippen molar-refractivity contribution in [1.82, 2.24) is 9.21 Å². The summed E-state index contributed by atoms with van der Waals surface area (Å²) in [6, 6.07) is 4.40. The van der Waals surface area contributed by atoms with Gasteiger partial charge in [0.1, 0.15) is 0 Å². The zero-order valence-corrected chi connectivity index (χ0v) is 15.9. The van der Waals surface area contributed by atoms with Crippen LogP contribution < -0.4 is 0 Å². The lowest BCUT2D eigenvalue weighted by atomic mass is 9.69. The third-order valence-corrected chi connectivity index (χ3v) is 7.73. The van der Waals surface area contributed by atoms with Gasteiger partial charge in [0.25, 0.3) is 0 Å². The number of benzene rings is 1. The average Bonchev–Trinajstić information content (AvgIpc) is 2.54. The van der Waals surface area contributed by atoms with Crippen molar-refractivity contribution in [2.75, 3.05) is 33.3 Å². The number of fused-ring (bicyclic) bond motifs is 1. The number of piperidine rings is 2. The maximum absolute atomic E-state index is 13.0. The third-order valence-electron chi connectivity index (χ3n) is 5.45. The largest absolute Gasteiger partial charge is 0.396 e. The Labute approximate surface area is 153 Å². The molecule has 1 aromatic carbocycles. The van der Waals surface area contributed by atoms with Gasteiger partial charge in [-0.15, -0.1) is 0 Å². The zero-order chi connectivity index (χ0) is 17.5. The third kappa shape index (κ3) is 3.20. The van der Waals surface area contributed by atoms with E-state index in [4.69, 9.17) is 23.2 Å². The SMILES string of the molecule is CN1CCC[C@]2(CO)CCN(S(=O)(=O)c3cc(Cl)cc(Cl)c3)C[C@@H]12. The molecule has 0 saturated carbocycles. The summed E-state index contributed by atoms with van der Waals surface area (Å²) >= 11 is 11.9. The predicted octanol–water partition coefficient (Wildman–Crippen LogP) is 2.46. The number of likely N-dealkylation sites (N-methyl/N-ethyl adjacent to an activating group) is 1. The molecule has 24 heavy (non-hydrogen) atoms. The number of hydrogen-bond acceptors (Lipinski definition) is 4. The van der Waals surface area contributed by atoms with Crippen molar-refractivity contribution in [3.63, 3.8) is 0 Å². The molecule has 5 nitrogen and oxygen atoms in total. The lowest BCUT2D eigenvalue weighted by Gasteiger charge is -2.53. The van der Waals surface area contributed by atoms with Gasteiger partial charge in [-0.2, -0.15) is 4.31 Å². The minimum atomic E-state index is -3.66. The molecule has 0 bridgehead atoms. The second-order valence-corrected chi connectivity index (χ2v) is 9.65.